The van der Waals surface area contributed by atoms with E-state index < -0.39 is 7.26 Å². The van der Waals surface area contributed by atoms with Crippen molar-refractivity contribution in [1.29, 1.82) is 0 Å². The van der Waals surface area contributed by atoms with Crippen molar-refractivity contribution in [3.8, 4) is 0 Å². The molecule has 0 aliphatic heterocycles. The van der Waals surface area contributed by atoms with Crippen LogP contribution in [0.4, 0.5) is 0 Å². The molecule has 2 aromatic carbocycles. The van der Waals surface area contributed by atoms with Gasteiger partial charge in [-0.2, -0.15) is 0 Å². The molecule has 0 N–H and O–H groups in total. The van der Waals surface area contributed by atoms with Crippen molar-refractivity contribution < 1.29 is 0 Å². The Bertz CT molecular complexity index is 639. The lowest BCUT2D eigenvalue weighted by atomic mass is 10.4. The van der Waals surface area contributed by atoms with Crippen molar-refractivity contribution in [2.24, 2.45) is 0 Å². The molecule has 0 saturated carbocycles. The lowest BCUT2D eigenvalue weighted by Gasteiger charge is -2.26. The van der Waals surface area contributed by atoms with Crippen molar-refractivity contribution in [2.45, 2.75) is 12.8 Å². The van der Waals surface area contributed by atoms with Crippen LogP contribution in [0.15, 0.2) is 79.3 Å². The number of aromatic nitrogens is 2. The van der Waals surface area contributed by atoms with Gasteiger partial charge in [0.25, 0.3) is 0 Å². The van der Waals surface area contributed by atoms with Crippen LogP contribution in [0.2, 0.25) is 0 Å². The lowest BCUT2D eigenvalue weighted by Crippen LogP contribution is -2.35. The summed E-state index contributed by atoms with van der Waals surface area (Å²) in [5, 5.41) is 2.81. The zero-order chi connectivity index (χ0) is 16.7. The lowest BCUT2D eigenvalue weighted by molar-refractivity contribution is 0.913. The molecule has 0 atom stereocenters. The zero-order valence-corrected chi connectivity index (χ0v) is 16.6. The summed E-state index contributed by atoms with van der Waals surface area (Å²) in [7, 11) is -1.74. The fourth-order valence-electron chi connectivity index (χ4n) is 3.10. The molecule has 2 nitrogen and oxygen atoms in total. The SMILES string of the molecule is [124I]CCCC[P+](c1ccccc1)(c1ccccc1)c1ccncn1. The first-order chi connectivity index (χ1) is 11.9. The molecule has 3 rings (SSSR count). The number of nitrogens with zero attached hydrogens (tertiary/aromatic N) is 2. The monoisotopic (exact) mass is 444 g/mol. The Morgan fingerprint density at radius 3 is 1.92 bits per heavy atom. The van der Waals surface area contributed by atoms with E-state index >= 15 is 0 Å². The third kappa shape index (κ3) is 3.68. The molecule has 4 heteroatoms. The van der Waals surface area contributed by atoms with E-state index in [2.05, 4.69) is 94.3 Å². The molecule has 0 amide bonds. The largest absolute Gasteiger partial charge is 0.245 e. The second-order valence-electron chi connectivity index (χ2n) is 5.67. The van der Waals surface area contributed by atoms with E-state index in [1.54, 1.807) is 6.33 Å². The quantitative estimate of drug-likeness (QED) is 0.239. The van der Waals surface area contributed by atoms with Gasteiger partial charge < -0.3 is 0 Å². The molecule has 3 aromatic rings. The van der Waals surface area contributed by atoms with Crippen LogP contribution in [0.5, 0.6) is 0 Å². The van der Waals surface area contributed by atoms with Crippen molar-refractivity contribution in [2.75, 3.05) is 10.6 Å². The van der Waals surface area contributed by atoms with E-state index in [9.17, 15) is 0 Å². The summed E-state index contributed by atoms with van der Waals surface area (Å²) in [5.74, 6) is 0. The van der Waals surface area contributed by atoms with Gasteiger partial charge in [0.1, 0.15) is 24.2 Å². The minimum atomic E-state index is -1.74. The van der Waals surface area contributed by atoms with E-state index in [0.717, 1.165) is 6.16 Å². The van der Waals surface area contributed by atoms with Crippen molar-refractivity contribution >= 4 is 45.9 Å². The molecule has 1 heterocycles. The van der Waals surface area contributed by atoms with Gasteiger partial charge >= 0.3 is 0 Å². The maximum atomic E-state index is 4.72. The fourth-order valence-corrected chi connectivity index (χ4v) is 7.85. The van der Waals surface area contributed by atoms with Gasteiger partial charge in [0.05, 0.1) is 6.16 Å². The van der Waals surface area contributed by atoms with Crippen LogP contribution in [0.25, 0.3) is 0 Å². The van der Waals surface area contributed by atoms with Crippen molar-refractivity contribution in [1.82, 2.24) is 9.97 Å². The maximum Gasteiger partial charge on any atom is 0.195 e. The van der Waals surface area contributed by atoms with Crippen LogP contribution in [-0.4, -0.2) is 20.6 Å². The minimum absolute atomic E-state index is 1.15. The topological polar surface area (TPSA) is 25.8 Å². The molecular weight excluding hydrogens is 423 g/mol. The first kappa shape index (κ1) is 17.5. The molecule has 0 saturated heterocycles. The first-order valence-electron chi connectivity index (χ1n) is 8.20. The van der Waals surface area contributed by atoms with Crippen LogP contribution < -0.4 is 16.0 Å². The van der Waals surface area contributed by atoms with Crippen LogP contribution in [0, 0.1) is 0 Å². The molecule has 0 aliphatic rings. The van der Waals surface area contributed by atoms with E-state index in [4.69, 9.17) is 4.98 Å². The summed E-state index contributed by atoms with van der Waals surface area (Å²) in [5.41, 5.74) is 1.18. The molecule has 24 heavy (non-hydrogen) atoms. The molecule has 0 bridgehead atoms. The molecule has 1 aromatic heterocycles. The molecule has 122 valence electrons. The van der Waals surface area contributed by atoms with Crippen molar-refractivity contribution in [3.63, 3.8) is 0 Å². The highest BCUT2D eigenvalue weighted by molar-refractivity contribution is 14.1. The van der Waals surface area contributed by atoms with Crippen LogP contribution in [-0.2, 0) is 0 Å². The van der Waals surface area contributed by atoms with Gasteiger partial charge in [-0.3, -0.25) is 0 Å². The molecule has 0 fully saturated rings. The number of alkyl halides is 1. The van der Waals surface area contributed by atoms with Crippen LogP contribution in [0.1, 0.15) is 12.8 Å². The van der Waals surface area contributed by atoms with Gasteiger partial charge in [0.2, 0.25) is 0 Å². The molecule has 0 aliphatic carbocycles. The third-order valence-corrected chi connectivity index (χ3v) is 9.38. The second kappa shape index (κ2) is 8.68. The highest BCUT2D eigenvalue weighted by Crippen LogP contribution is 2.55. The van der Waals surface area contributed by atoms with E-state index in [0.29, 0.717) is 0 Å². The Hall–Kier alpha value is -1.32. The minimum Gasteiger partial charge on any atom is -0.245 e. The van der Waals surface area contributed by atoms with Crippen molar-refractivity contribution in [3.05, 3.63) is 79.3 Å². The van der Waals surface area contributed by atoms with E-state index in [1.165, 1.54) is 33.3 Å². The number of unbranched alkanes of at least 4 members (excludes halogenated alkanes) is 1. The summed E-state index contributed by atoms with van der Waals surface area (Å²) < 4.78 is 1.20. The second-order valence-corrected chi connectivity index (χ2v) is 10.3. The van der Waals surface area contributed by atoms with E-state index in [-0.39, 0.29) is 0 Å². The van der Waals surface area contributed by atoms with Crippen LogP contribution >= 0.6 is 29.9 Å². The van der Waals surface area contributed by atoms with Gasteiger partial charge in [-0.25, -0.2) is 9.97 Å². The Morgan fingerprint density at radius 1 is 0.792 bits per heavy atom. The standard InChI is InChI=1S/C20H21IN2P/c21-14-7-8-16-24(18-9-3-1-4-10-18,19-11-5-2-6-12-19)20-13-15-22-17-23-20/h1-6,9-13,15,17H,7-8,14,16H2/q+1/i21-3. The molecule has 0 unspecified atom stereocenters. The van der Waals surface area contributed by atoms with Crippen LogP contribution in [0.3, 0.4) is 0 Å². The average molecular weight is 444 g/mol. The Labute approximate surface area is 158 Å². The normalized spacial score (nSPS) is 11.4. The summed E-state index contributed by atoms with van der Waals surface area (Å²) in [6.07, 6.45) is 7.17. The Balaban J connectivity index is 2.20. The molecule has 0 radical (unpaired) electrons. The first-order valence-corrected chi connectivity index (χ1v) is 11.7. The average Bonchev–Trinajstić information content (AvgIpc) is 2.68. The number of halogens is 1. The number of hydrogen-bond donors (Lipinski definition) is 0. The Kier molecular flexibility index (Phi) is 6.33. The van der Waals surface area contributed by atoms with Gasteiger partial charge in [-0.05, 0) is 41.5 Å². The fraction of sp³-hybridized carbons (Fsp3) is 0.200. The summed E-state index contributed by atoms with van der Waals surface area (Å²) in [6, 6.07) is 24.0. The molecule has 0 spiro atoms. The van der Waals surface area contributed by atoms with Gasteiger partial charge in [0.15, 0.2) is 5.44 Å². The third-order valence-electron chi connectivity index (χ3n) is 4.23. The van der Waals surface area contributed by atoms with Gasteiger partial charge in [-0.15, -0.1) is 0 Å². The van der Waals surface area contributed by atoms with Gasteiger partial charge in [-0.1, -0.05) is 59.0 Å². The predicted octanol–water partition coefficient (Wildman–Crippen LogP) is 3.99. The Morgan fingerprint density at radius 2 is 1.42 bits per heavy atom. The number of rotatable bonds is 7. The number of benzene rings is 2. The summed E-state index contributed by atoms with van der Waals surface area (Å²) >= 11 is 2.47. The van der Waals surface area contributed by atoms with E-state index in [1.807, 2.05) is 6.20 Å². The summed E-state index contributed by atoms with van der Waals surface area (Å²) in [4.78, 5) is 8.87. The highest BCUT2D eigenvalue weighted by atomic mass is 124. The smallest absolute Gasteiger partial charge is 0.195 e. The van der Waals surface area contributed by atoms with Gasteiger partial charge in [0, 0.05) is 12.3 Å². The molecular formula is C20H21IN2P+. The highest BCUT2D eigenvalue weighted by Gasteiger charge is 2.46. The zero-order valence-electron chi connectivity index (χ0n) is 13.6. The maximum absolute atomic E-state index is 4.72. The number of hydrogen-bond acceptors (Lipinski definition) is 2. The predicted molar refractivity (Wildman–Crippen MR) is 114 cm³/mol. The summed E-state index contributed by atoms with van der Waals surface area (Å²) in [6.45, 7) is 0.